The highest BCUT2D eigenvalue weighted by atomic mass is 32.2. The van der Waals surface area contributed by atoms with Crippen molar-refractivity contribution in [3.8, 4) is 11.3 Å². The lowest BCUT2D eigenvalue weighted by Crippen LogP contribution is -2.33. The second kappa shape index (κ2) is 8.58. The molecule has 2 heterocycles. The molecule has 1 aromatic carbocycles. The Balaban J connectivity index is 1.77. The lowest BCUT2D eigenvalue weighted by molar-refractivity contribution is -0.108. The summed E-state index contributed by atoms with van der Waals surface area (Å²) in [5.74, 6) is 0.885. The van der Waals surface area contributed by atoms with Gasteiger partial charge in [0.05, 0.1) is 11.9 Å². The minimum Gasteiger partial charge on any atom is -0.367 e. The minimum atomic E-state index is -0.589. The van der Waals surface area contributed by atoms with E-state index in [2.05, 4.69) is 33.2 Å². The second-order valence-electron chi connectivity index (χ2n) is 7.06. The van der Waals surface area contributed by atoms with Crippen LogP contribution in [0.2, 0.25) is 0 Å². The van der Waals surface area contributed by atoms with Gasteiger partial charge in [-0.25, -0.2) is 9.78 Å². The van der Waals surface area contributed by atoms with Crippen molar-refractivity contribution >= 4 is 41.7 Å². The Morgan fingerprint density at radius 2 is 2.13 bits per heavy atom. The van der Waals surface area contributed by atoms with E-state index in [9.17, 15) is 9.59 Å². The van der Waals surface area contributed by atoms with Gasteiger partial charge in [0.15, 0.2) is 5.65 Å². The van der Waals surface area contributed by atoms with Gasteiger partial charge in [-0.1, -0.05) is 12.1 Å². The molecule has 1 saturated carbocycles. The van der Waals surface area contributed by atoms with Crippen LogP contribution in [0.1, 0.15) is 25.3 Å². The van der Waals surface area contributed by atoms with E-state index in [4.69, 9.17) is 4.98 Å². The molecule has 1 aliphatic carbocycles. The summed E-state index contributed by atoms with van der Waals surface area (Å²) in [4.78, 5) is 28.0. The highest BCUT2D eigenvalue weighted by molar-refractivity contribution is 7.98. The number of imide groups is 1. The number of urea groups is 1. The Hall–Kier alpha value is -3.33. The van der Waals surface area contributed by atoms with Gasteiger partial charge < -0.3 is 10.6 Å². The number of hydrogen-bond acceptors (Lipinski definition) is 6. The monoisotopic (exact) mass is 422 g/mol. The zero-order valence-corrected chi connectivity index (χ0v) is 17.5. The summed E-state index contributed by atoms with van der Waals surface area (Å²) in [6.07, 6.45) is 8.17. The maximum atomic E-state index is 11.6. The number of amides is 3. The molecule has 0 bridgehead atoms. The van der Waals surface area contributed by atoms with Gasteiger partial charge in [0, 0.05) is 33.8 Å². The molecule has 30 heavy (non-hydrogen) atoms. The zero-order valence-electron chi connectivity index (χ0n) is 16.7. The third-order valence-corrected chi connectivity index (χ3v) is 5.39. The number of rotatable bonds is 7. The predicted octanol–water partition coefficient (Wildman–Crippen LogP) is 3.51. The summed E-state index contributed by atoms with van der Waals surface area (Å²) in [5, 5.41) is 12.7. The van der Waals surface area contributed by atoms with Gasteiger partial charge in [0.2, 0.25) is 6.41 Å². The number of benzene rings is 1. The third kappa shape index (κ3) is 4.46. The Bertz CT molecular complexity index is 1140. The Morgan fingerprint density at radius 1 is 1.30 bits per heavy atom. The molecule has 9 heteroatoms. The summed E-state index contributed by atoms with van der Waals surface area (Å²) in [5.41, 5.74) is 3.89. The average Bonchev–Trinajstić information content (AvgIpc) is 3.47. The first-order valence-electron chi connectivity index (χ1n) is 9.56. The number of carbonyl (C=O) groups is 2. The first-order valence-corrected chi connectivity index (χ1v) is 10.8. The summed E-state index contributed by atoms with van der Waals surface area (Å²) in [6.45, 7) is 1.74. The second-order valence-corrected chi connectivity index (χ2v) is 7.94. The van der Waals surface area contributed by atoms with Crippen molar-refractivity contribution in [3.63, 3.8) is 0 Å². The molecular formula is C21H22N6O2S. The van der Waals surface area contributed by atoms with E-state index in [0.717, 1.165) is 35.5 Å². The van der Waals surface area contributed by atoms with Crippen LogP contribution in [0.5, 0.6) is 0 Å². The van der Waals surface area contributed by atoms with Crippen molar-refractivity contribution in [3.05, 3.63) is 47.8 Å². The largest absolute Gasteiger partial charge is 0.367 e. The first-order chi connectivity index (χ1) is 14.6. The molecular weight excluding hydrogens is 400 g/mol. The maximum Gasteiger partial charge on any atom is 0.325 e. The van der Waals surface area contributed by atoms with E-state index in [0.29, 0.717) is 23.8 Å². The molecule has 3 N–H and O–H groups in total. The zero-order chi connectivity index (χ0) is 21.1. The number of hydrogen-bond donors (Lipinski definition) is 3. The number of allylic oxidation sites excluding steroid dienone is 1. The summed E-state index contributed by atoms with van der Waals surface area (Å²) < 4.78 is 1.78. The fourth-order valence-corrected chi connectivity index (χ4v) is 3.55. The van der Waals surface area contributed by atoms with Crippen LogP contribution in [0.15, 0.2) is 47.1 Å². The van der Waals surface area contributed by atoms with E-state index in [-0.39, 0.29) is 0 Å². The lowest BCUT2D eigenvalue weighted by Gasteiger charge is -2.11. The molecule has 8 nitrogen and oxygen atoms in total. The van der Waals surface area contributed by atoms with E-state index in [1.807, 2.05) is 24.5 Å². The number of aromatic nitrogens is 3. The summed E-state index contributed by atoms with van der Waals surface area (Å²) in [7, 11) is 0. The topological polar surface area (TPSA) is 100 Å². The Morgan fingerprint density at radius 3 is 2.87 bits per heavy atom. The number of nitrogens with zero attached hydrogens (tertiary/aromatic N) is 3. The number of nitrogens with one attached hydrogen (secondary N) is 3. The van der Waals surface area contributed by atoms with Gasteiger partial charge >= 0.3 is 6.03 Å². The molecule has 0 spiro atoms. The summed E-state index contributed by atoms with van der Waals surface area (Å²) in [6, 6.07) is 10.1. The minimum absolute atomic E-state index is 0.338. The SMILES string of the molecule is CSc1cccc(-c2cc(NC3CC3)n3ncc(/C=C(/C)NC(=O)NC=O)c3n2)c1. The van der Waals surface area contributed by atoms with Crippen molar-refractivity contribution in [2.24, 2.45) is 0 Å². The number of anilines is 1. The van der Waals surface area contributed by atoms with Crippen molar-refractivity contribution < 1.29 is 9.59 Å². The standard InChI is InChI=1S/C21H22N6O2S/c1-13(24-21(29)22-12-28)8-15-11-23-27-19(25-16-6-7-16)10-18(26-20(15)27)14-4-3-5-17(9-14)30-2/h3-5,8-12,16,25H,6-7H2,1-2H3,(H2,22,24,28,29)/b13-8-. The molecule has 3 aromatic rings. The van der Waals surface area contributed by atoms with Crippen LogP contribution in [0.25, 0.3) is 23.0 Å². The molecule has 0 aliphatic heterocycles. The first kappa shape index (κ1) is 20.0. The summed E-state index contributed by atoms with van der Waals surface area (Å²) >= 11 is 1.69. The Labute approximate surface area is 178 Å². The highest BCUT2D eigenvalue weighted by Crippen LogP contribution is 2.30. The number of thioether (sulfide) groups is 1. The van der Waals surface area contributed by atoms with E-state index >= 15 is 0 Å². The molecule has 1 fully saturated rings. The highest BCUT2D eigenvalue weighted by Gasteiger charge is 2.23. The molecule has 0 unspecified atom stereocenters. The molecule has 1 aliphatic rings. The van der Waals surface area contributed by atoms with Crippen LogP contribution in [-0.2, 0) is 4.79 Å². The van der Waals surface area contributed by atoms with Gasteiger partial charge in [-0.05, 0) is 44.2 Å². The van der Waals surface area contributed by atoms with Crippen molar-refractivity contribution in [2.75, 3.05) is 11.6 Å². The van der Waals surface area contributed by atoms with Crippen LogP contribution in [0, 0.1) is 0 Å². The van der Waals surface area contributed by atoms with E-state index < -0.39 is 6.03 Å². The van der Waals surface area contributed by atoms with Gasteiger partial charge in [-0.15, -0.1) is 11.8 Å². The van der Waals surface area contributed by atoms with Gasteiger partial charge in [0.1, 0.15) is 5.82 Å². The third-order valence-electron chi connectivity index (χ3n) is 4.67. The predicted molar refractivity (Wildman–Crippen MR) is 118 cm³/mol. The van der Waals surface area contributed by atoms with Crippen LogP contribution < -0.4 is 16.0 Å². The molecule has 0 radical (unpaired) electrons. The lowest BCUT2D eigenvalue weighted by atomic mass is 10.1. The normalized spacial score (nSPS) is 13.9. The fraction of sp³-hybridized carbons (Fsp3) is 0.238. The molecule has 2 aromatic heterocycles. The van der Waals surface area contributed by atoms with Crippen LogP contribution in [0.4, 0.5) is 10.6 Å². The van der Waals surface area contributed by atoms with E-state index in [1.165, 1.54) is 4.90 Å². The average molecular weight is 423 g/mol. The quantitative estimate of drug-likeness (QED) is 0.398. The molecule has 3 amide bonds. The molecule has 0 saturated heterocycles. The number of fused-ring (bicyclic) bond motifs is 1. The van der Waals surface area contributed by atoms with Crippen LogP contribution in [0.3, 0.4) is 0 Å². The number of carbonyl (C=O) groups excluding carboxylic acids is 2. The Kier molecular flexibility index (Phi) is 5.71. The van der Waals surface area contributed by atoms with Crippen LogP contribution >= 0.6 is 11.8 Å². The van der Waals surface area contributed by atoms with Crippen LogP contribution in [-0.4, -0.2) is 39.3 Å². The van der Waals surface area contributed by atoms with Crippen molar-refractivity contribution in [1.82, 2.24) is 25.2 Å². The van der Waals surface area contributed by atoms with Crippen molar-refractivity contribution in [2.45, 2.75) is 30.7 Å². The van der Waals surface area contributed by atoms with Gasteiger partial charge in [0.25, 0.3) is 0 Å². The molecule has 4 rings (SSSR count). The fourth-order valence-electron chi connectivity index (χ4n) is 3.09. The maximum absolute atomic E-state index is 11.6. The van der Waals surface area contributed by atoms with E-state index in [1.54, 1.807) is 35.5 Å². The van der Waals surface area contributed by atoms with Crippen molar-refractivity contribution in [1.29, 1.82) is 0 Å². The van der Waals surface area contributed by atoms with Gasteiger partial charge in [-0.2, -0.15) is 9.61 Å². The molecule has 0 atom stereocenters. The van der Waals surface area contributed by atoms with Gasteiger partial charge in [-0.3, -0.25) is 10.1 Å². The smallest absolute Gasteiger partial charge is 0.325 e. The molecule has 154 valence electrons.